The molecular weight excluding hydrogens is 793 g/mol. The molecule has 0 saturated heterocycles. The zero-order valence-corrected chi connectivity index (χ0v) is 48.7. The van der Waals surface area contributed by atoms with Gasteiger partial charge in [0.15, 0.2) is 0 Å². The number of allylic oxidation sites excluding steroid dienone is 6. The average molecular weight is 920 g/mol. The van der Waals surface area contributed by atoms with E-state index in [4.69, 9.17) is 0 Å². The van der Waals surface area contributed by atoms with Crippen LogP contribution in [0.5, 0.6) is 0 Å². The van der Waals surface area contributed by atoms with Gasteiger partial charge in [0.25, 0.3) is 0 Å². The molecule has 0 spiro atoms. The van der Waals surface area contributed by atoms with Crippen molar-refractivity contribution in [1.29, 1.82) is 0 Å². The number of unbranched alkanes of at least 4 members (excludes halogenated alkanes) is 4. The molecule has 1 aromatic carbocycles. The maximum Gasteiger partial charge on any atom is -0.0196 e. The molecule has 66 heavy (non-hydrogen) atoms. The van der Waals surface area contributed by atoms with Crippen LogP contribution >= 0.6 is 0 Å². The molecular formula is C66H126. The number of hydrogen-bond acceptors (Lipinski definition) is 0. The fourth-order valence-corrected chi connectivity index (χ4v) is 9.83. The van der Waals surface area contributed by atoms with Gasteiger partial charge in [-0.1, -0.05) is 287 Å². The molecule has 0 radical (unpaired) electrons. The standard InChI is InChI=1S/C13H24.C13H22.C11H16.2C10H22.C9H20/c2*1-3-7-12(2)10-11-13-8-5-4-6-9-13;1-2-3-5-8-11-9-6-4-7-10-11;2*1-5-6-7-10(4)8-9(2)3;1-5-6-9(4)7-8(2)3/h5,8,12-13H,3-4,6-7,9-11H2,1-2H3;4-6,8,12-13H,3,7,9-11H2,1-2H3;4,6-7,9-10H,2-3,5,8H2,1H3;2*9-10H,5-8H2,1-4H3;8-9H,5-7H2,1-4H3. The Morgan fingerprint density at radius 2 is 0.879 bits per heavy atom. The summed E-state index contributed by atoms with van der Waals surface area (Å²) in [6, 6.07) is 10.7. The average Bonchev–Trinajstić information content (AvgIpc) is 3.28. The molecule has 2 aliphatic carbocycles. The van der Waals surface area contributed by atoms with Crippen molar-refractivity contribution in [3.05, 3.63) is 72.4 Å². The smallest absolute Gasteiger partial charge is 0.0196 e. The van der Waals surface area contributed by atoms with Crippen molar-refractivity contribution < 1.29 is 0 Å². The van der Waals surface area contributed by atoms with E-state index in [-0.39, 0.29) is 0 Å². The van der Waals surface area contributed by atoms with E-state index in [0.29, 0.717) is 0 Å². The van der Waals surface area contributed by atoms with Gasteiger partial charge in [0.2, 0.25) is 0 Å². The third kappa shape index (κ3) is 53.4. The summed E-state index contributed by atoms with van der Waals surface area (Å²) in [6.07, 6.45) is 51.0. The van der Waals surface area contributed by atoms with E-state index in [0.717, 1.165) is 59.2 Å². The van der Waals surface area contributed by atoms with Crippen LogP contribution in [0.25, 0.3) is 0 Å². The molecule has 0 aliphatic heterocycles. The van der Waals surface area contributed by atoms with Crippen molar-refractivity contribution in [3.8, 4) is 0 Å². The summed E-state index contributed by atoms with van der Waals surface area (Å²) in [5, 5.41) is 0. The SMILES string of the molecule is CCCC(C)CC(C)C.CCCC(C)CCC1C=CC=CC1.CCCC(C)CCC1C=CCCC1.CCCCC(C)CC(C)C.CCCCC(C)CC(C)C.CCCCCc1ccccc1. The lowest BCUT2D eigenvalue weighted by Gasteiger charge is -2.18. The molecule has 0 fully saturated rings. The van der Waals surface area contributed by atoms with Crippen LogP contribution < -0.4 is 0 Å². The minimum absolute atomic E-state index is 0.823. The summed E-state index contributed by atoms with van der Waals surface area (Å²) >= 11 is 0. The third-order valence-corrected chi connectivity index (χ3v) is 13.5. The number of aryl methyl sites for hydroxylation is 1. The molecule has 0 aromatic heterocycles. The molecule has 0 amide bonds. The topological polar surface area (TPSA) is 0 Å². The first kappa shape index (κ1) is 68.7. The van der Waals surface area contributed by atoms with E-state index in [2.05, 4.69) is 184 Å². The van der Waals surface area contributed by atoms with Crippen LogP contribution in [0.15, 0.2) is 66.8 Å². The number of hydrogen-bond donors (Lipinski definition) is 0. The lowest BCUT2D eigenvalue weighted by molar-refractivity contribution is 0.404. The van der Waals surface area contributed by atoms with Crippen LogP contribution in [0, 0.1) is 59.2 Å². The van der Waals surface area contributed by atoms with Gasteiger partial charge >= 0.3 is 0 Å². The van der Waals surface area contributed by atoms with Crippen molar-refractivity contribution in [3.63, 3.8) is 0 Å². The van der Waals surface area contributed by atoms with Gasteiger partial charge in [-0.05, 0) is 135 Å². The van der Waals surface area contributed by atoms with E-state index < -0.39 is 0 Å². The molecule has 0 nitrogen and oxygen atoms in total. The Kier molecular flexibility index (Phi) is 53.4. The molecule has 0 heteroatoms. The van der Waals surface area contributed by atoms with E-state index in [1.54, 1.807) is 0 Å². The summed E-state index contributed by atoms with van der Waals surface area (Å²) in [5.41, 5.74) is 1.47. The Hall–Kier alpha value is -1.56. The molecule has 1 aromatic rings. The largest absolute Gasteiger partial charge is 0.0883 e. The van der Waals surface area contributed by atoms with Crippen LogP contribution in [0.4, 0.5) is 0 Å². The maximum absolute atomic E-state index is 2.45. The first-order valence-corrected chi connectivity index (χ1v) is 29.6. The van der Waals surface area contributed by atoms with Gasteiger partial charge in [0.05, 0.1) is 0 Å². The van der Waals surface area contributed by atoms with Crippen molar-refractivity contribution in [1.82, 2.24) is 0 Å². The normalized spacial score (nSPS) is 17.3. The van der Waals surface area contributed by atoms with Gasteiger partial charge in [-0.25, -0.2) is 0 Å². The fourth-order valence-electron chi connectivity index (χ4n) is 9.83. The van der Waals surface area contributed by atoms with Crippen LogP contribution in [0.2, 0.25) is 0 Å². The molecule has 390 valence electrons. The Labute approximate surface area is 420 Å². The monoisotopic (exact) mass is 919 g/mol. The summed E-state index contributed by atoms with van der Waals surface area (Å²) in [6.45, 7) is 39.3. The Morgan fingerprint density at radius 3 is 1.27 bits per heavy atom. The van der Waals surface area contributed by atoms with Crippen molar-refractivity contribution in [2.24, 2.45) is 59.2 Å². The van der Waals surface area contributed by atoms with Gasteiger partial charge in [0.1, 0.15) is 0 Å². The first-order chi connectivity index (χ1) is 31.6. The van der Waals surface area contributed by atoms with E-state index in [1.165, 1.54) is 179 Å². The first-order valence-electron chi connectivity index (χ1n) is 29.6. The Morgan fingerprint density at radius 1 is 0.424 bits per heavy atom. The second kappa shape index (κ2) is 51.3. The van der Waals surface area contributed by atoms with Gasteiger partial charge in [-0.3, -0.25) is 0 Å². The summed E-state index contributed by atoms with van der Waals surface area (Å²) in [7, 11) is 0. The van der Waals surface area contributed by atoms with Gasteiger partial charge in [0, 0.05) is 0 Å². The minimum atomic E-state index is 0.823. The molecule has 0 bridgehead atoms. The second-order valence-corrected chi connectivity index (χ2v) is 23.1. The molecule has 0 saturated carbocycles. The van der Waals surface area contributed by atoms with Crippen LogP contribution in [-0.4, -0.2) is 0 Å². The molecule has 3 rings (SSSR count). The van der Waals surface area contributed by atoms with Gasteiger partial charge in [-0.15, -0.1) is 0 Å². The highest BCUT2D eigenvalue weighted by Crippen LogP contribution is 2.25. The van der Waals surface area contributed by atoms with Crippen LogP contribution in [-0.2, 0) is 6.42 Å². The van der Waals surface area contributed by atoms with Crippen molar-refractivity contribution in [2.45, 2.75) is 291 Å². The lowest BCUT2D eigenvalue weighted by Crippen LogP contribution is -2.03. The minimum Gasteiger partial charge on any atom is -0.0883 e. The highest BCUT2D eigenvalue weighted by molar-refractivity contribution is 5.14. The molecule has 7 atom stereocenters. The van der Waals surface area contributed by atoms with Gasteiger partial charge < -0.3 is 0 Å². The highest BCUT2D eigenvalue weighted by atomic mass is 14.2. The number of benzene rings is 1. The predicted molar refractivity (Wildman–Crippen MR) is 309 cm³/mol. The van der Waals surface area contributed by atoms with E-state index >= 15 is 0 Å². The molecule has 2 aliphatic rings. The zero-order valence-electron chi connectivity index (χ0n) is 48.7. The van der Waals surface area contributed by atoms with E-state index in [9.17, 15) is 0 Å². The predicted octanol–water partition coefficient (Wildman–Crippen LogP) is 23.5. The van der Waals surface area contributed by atoms with Gasteiger partial charge in [-0.2, -0.15) is 0 Å². The maximum atomic E-state index is 2.45. The Balaban J connectivity index is -0.000000726. The lowest BCUT2D eigenvalue weighted by atomic mass is 9.88. The number of rotatable bonds is 28. The van der Waals surface area contributed by atoms with Crippen LogP contribution in [0.1, 0.15) is 290 Å². The molecule has 7 unspecified atom stereocenters. The quantitative estimate of drug-likeness (QED) is 0.0580. The van der Waals surface area contributed by atoms with Crippen molar-refractivity contribution in [2.75, 3.05) is 0 Å². The fraction of sp³-hybridized carbons (Fsp3) is 0.818. The summed E-state index contributed by atoms with van der Waals surface area (Å²) < 4.78 is 0. The zero-order chi connectivity index (χ0) is 50.2. The van der Waals surface area contributed by atoms with Crippen molar-refractivity contribution >= 4 is 0 Å². The van der Waals surface area contributed by atoms with E-state index in [1.807, 2.05) is 0 Å². The highest BCUT2D eigenvalue weighted by Gasteiger charge is 2.11. The second-order valence-electron chi connectivity index (χ2n) is 23.1. The summed E-state index contributed by atoms with van der Waals surface area (Å²) in [4.78, 5) is 0. The molecule has 0 heterocycles. The Bertz CT molecular complexity index is 1100. The third-order valence-electron chi connectivity index (χ3n) is 13.5. The molecule has 0 N–H and O–H groups in total. The van der Waals surface area contributed by atoms with Crippen LogP contribution in [0.3, 0.4) is 0 Å². The summed E-state index contributed by atoms with van der Waals surface area (Å²) in [5.74, 6) is 9.07.